The Balaban J connectivity index is 2.03. The van der Waals surface area contributed by atoms with Crippen LogP contribution in [0.5, 0.6) is 5.75 Å². The van der Waals surface area contributed by atoms with Crippen LogP contribution < -0.4 is 15.8 Å². The summed E-state index contributed by atoms with van der Waals surface area (Å²) < 4.78 is 36.7. The first-order valence-corrected chi connectivity index (χ1v) is 13.5. The van der Waals surface area contributed by atoms with E-state index in [9.17, 15) is 13.2 Å². The molecule has 0 aromatic carbocycles. The second-order valence-corrected chi connectivity index (χ2v) is 12.0. The normalized spacial score (nSPS) is 13.2. The number of nitrogens with two attached hydrogens (primary N) is 1. The van der Waals surface area contributed by atoms with E-state index in [2.05, 4.69) is 19.7 Å². The van der Waals surface area contributed by atoms with Gasteiger partial charge in [-0.05, 0) is 51.4 Å². The van der Waals surface area contributed by atoms with Gasteiger partial charge in [0, 0.05) is 24.2 Å². The predicted molar refractivity (Wildman–Crippen MR) is 139 cm³/mol. The Morgan fingerprint density at radius 3 is 2.75 bits per heavy atom. The molecular weight excluding hydrogens is 504 g/mol. The van der Waals surface area contributed by atoms with Crippen molar-refractivity contribution in [3.63, 3.8) is 0 Å². The first kappa shape index (κ1) is 27.3. The monoisotopic (exact) mass is 534 g/mol. The molecule has 3 aromatic rings. The molecule has 0 bridgehead atoms. The summed E-state index contributed by atoms with van der Waals surface area (Å²) in [6.07, 6.45) is 4.29. The number of amides is 1. The summed E-state index contributed by atoms with van der Waals surface area (Å²) in [5, 5.41) is 13.8. The van der Waals surface area contributed by atoms with Crippen molar-refractivity contribution in [2.45, 2.75) is 43.9 Å². The van der Waals surface area contributed by atoms with E-state index in [1.54, 1.807) is 27.7 Å². The number of hydrogen-bond acceptors (Lipinski definition) is 10. The number of carbonyl (C=O) groups excluding carboxylic acids is 1. The van der Waals surface area contributed by atoms with Gasteiger partial charge in [0.05, 0.1) is 41.2 Å². The lowest BCUT2D eigenvalue weighted by Crippen LogP contribution is -2.30. The van der Waals surface area contributed by atoms with E-state index in [1.807, 2.05) is 11.4 Å². The van der Waals surface area contributed by atoms with Crippen LogP contribution in [-0.2, 0) is 21.2 Å². The number of rotatable bonds is 10. The first-order valence-electron chi connectivity index (χ1n) is 11.2. The maximum atomic E-state index is 13.3. The number of ether oxygens (including phenoxy) is 1. The number of fused-ring (bicyclic) bond motifs is 1. The highest BCUT2D eigenvalue weighted by molar-refractivity contribution is 7.92. The molecule has 3 heterocycles. The van der Waals surface area contributed by atoms with Crippen LogP contribution in [-0.4, -0.2) is 63.4 Å². The molecule has 0 saturated carbocycles. The fourth-order valence-corrected chi connectivity index (χ4v) is 4.99. The molecule has 3 aromatic heterocycles. The van der Waals surface area contributed by atoms with Crippen molar-refractivity contribution in [1.82, 2.24) is 19.1 Å². The van der Waals surface area contributed by atoms with Gasteiger partial charge in [0.2, 0.25) is 0 Å². The number of sulfone groups is 1. The number of aliphatic hydroxyl groups is 1. The summed E-state index contributed by atoms with van der Waals surface area (Å²) >= 11 is 1.29. The van der Waals surface area contributed by atoms with Gasteiger partial charge < -0.3 is 20.9 Å². The largest absolute Gasteiger partial charge is 0.490 e. The van der Waals surface area contributed by atoms with Gasteiger partial charge in [0.1, 0.15) is 28.6 Å². The van der Waals surface area contributed by atoms with Crippen LogP contribution >= 0.6 is 11.5 Å². The predicted octanol–water partition coefficient (Wildman–Crippen LogP) is 1.81. The molecular formula is C23H30N6O5S2. The van der Waals surface area contributed by atoms with Gasteiger partial charge >= 0.3 is 0 Å². The van der Waals surface area contributed by atoms with Crippen LogP contribution in [0.4, 0.5) is 0 Å². The Morgan fingerprint density at radius 2 is 2.14 bits per heavy atom. The molecule has 0 radical (unpaired) electrons. The molecule has 1 amide bonds. The summed E-state index contributed by atoms with van der Waals surface area (Å²) in [5.41, 5.74) is 8.11. The molecule has 194 valence electrons. The molecule has 0 atom stereocenters. The minimum Gasteiger partial charge on any atom is -0.490 e. The molecule has 0 saturated heterocycles. The van der Waals surface area contributed by atoms with Gasteiger partial charge in [0.15, 0.2) is 9.84 Å². The molecule has 0 aliphatic carbocycles. The number of aliphatic hydroxyl groups excluding tert-OH is 1. The zero-order chi connectivity index (χ0) is 26.5. The molecule has 0 unspecified atom stereocenters. The van der Waals surface area contributed by atoms with Crippen LogP contribution in [0.25, 0.3) is 11.3 Å². The van der Waals surface area contributed by atoms with Crippen LogP contribution in [0.1, 0.15) is 39.1 Å². The van der Waals surface area contributed by atoms with Crippen LogP contribution in [0.2, 0.25) is 0 Å². The molecule has 13 heteroatoms. The number of aromatic nitrogens is 3. The average molecular weight is 535 g/mol. The summed E-state index contributed by atoms with van der Waals surface area (Å²) in [6.45, 7) is 6.80. The number of aliphatic imine (C=N–C) groups is 1. The van der Waals surface area contributed by atoms with E-state index < -0.39 is 20.5 Å². The second-order valence-electron chi connectivity index (χ2n) is 8.69. The lowest BCUT2D eigenvalue weighted by atomic mass is 10.2. The number of hydrogen-bond donors (Lipinski definition) is 3. The molecule has 36 heavy (non-hydrogen) atoms. The molecule has 0 aliphatic heterocycles. The van der Waals surface area contributed by atoms with Crippen LogP contribution in [0.3, 0.4) is 0 Å². The van der Waals surface area contributed by atoms with E-state index in [-0.39, 0.29) is 41.8 Å². The first-order chi connectivity index (χ1) is 17.0. The van der Waals surface area contributed by atoms with Crippen molar-refractivity contribution in [1.29, 1.82) is 0 Å². The number of nitrogens with one attached hydrogen (secondary N) is 1. The molecule has 0 aliphatic rings. The minimum absolute atomic E-state index is 0.0635. The number of carbonyl (C=O) groups is 1. The maximum Gasteiger partial charge on any atom is 0.269 e. The van der Waals surface area contributed by atoms with E-state index in [0.717, 1.165) is 5.69 Å². The highest BCUT2D eigenvalue weighted by Crippen LogP contribution is 2.33. The van der Waals surface area contributed by atoms with Crippen LogP contribution in [0, 0.1) is 0 Å². The fraction of sp³-hybridized carbons (Fsp3) is 0.391. The average Bonchev–Trinajstić information content (AvgIpc) is 3.49. The zero-order valence-electron chi connectivity index (χ0n) is 20.6. The third-order valence-electron chi connectivity index (χ3n) is 5.09. The number of pyridine rings is 1. The van der Waals surface area contributed by atoms with Gasteiger partial charge in [-0.25, -0.2) is 13.4 Å². The highest BCUT2D eigenvalue weighted by atomic mass is 32.2. The van der Waals surface area contributed by atoms with Gasteiger partial charge in [-0.1, -0.05) is 0 Å². The maximum absolute atomic E-state index is 13.3. The SMILES string of the molecule is CCN=C(C=C(N)c1cnc2cc(OCCO)c(S(=O)(=O)C(C)(C)C)cn12)C(=O)NCc1ccsn1. The van der Waals surface area contributed by atoms with Crippen molar-refractivity contribution in [2.24, 2.45) is 10.7 Å². The zero-order valence-corrected chi connectivity index (χ0v) is 22.2. The van der Waals surface area contributed by atoms with Crippen molar-refractivity contribution >= 4 is 44.3 Å². The summed E-state index contributed by atoms with van der Waals surface area (Å²) in [7, 11) is -3.83. The van der Waals surface area contributed by atoms with E-state index >= 15 is 0 Å². The molecule has 4 N–H and O–H groups in total. The van der Waals surface area contributed by atoms with E-state index in [0.29, 0.717) is 17.9 Å². The third kappa shape index (κ3) is 5.91. The Bertz CT molecular complexity index is 1390. The Morgan fingerprint density at radius 1 is 1.39 bits per heavy atom. The quantitative estimate of drug-likeness (QED) is 0.332. The lowest BCUT2D eigenvalue weighted by molar-refractivity contribution is -0.114. The van der Waals surface area contributed by atoms with Gasteiger partial charge in [-0.2, -0.15) is 4.37 Å². The van der Waals surface area contributed by atoms with Crippen molar-refractivity contribution in [2.75, 3.05) is 19.8 Å². The van der Waals surface area contributed by atoms with Gasteiger partial charge in [-0.3, -0.25) is 14.2 Å². The Labute approximate surface area is 213 Å². The summed E-state index contributed by atoms with van der Waals surface area (Å²) in [6, 6.07) is 3.29. The van der Waals surface area contributed by atoms with E-state index in [4.69, 9.17) is 15.6 Å². The van der Waals surface area contributed by atoms with Crippen LogP contribution in [0.15, 0.2) is 45.9 Å². The standard InChI is InChI=1S/C23H30N6O5S2/c1-5-25-17(22(31)27-12-15-6-9-35-28-15)10-16(24)18-13-26-21-11-19(34-8-7-30)20(14-29(18)21)36(32,33)23(2,3)4/h6,9-11,13-14,30H,5,7-8,12,24H2,1-4H3,(H,27,31). The second kappa shape index (κ2) is 11.2. The summed E-state index contributed by atoms with van der Waals surface area (Å²) in [4.78, 5) is 21.2. The topological polar surface area (TPSA) is 161 Å². The third-order valence-corrected chi connectivity index (χ3v) is 8.19. The minimum atomic E-state index is -3.83. The van der Waals surface area contributed by atoms with Gasteiger partial charge in [-0.15, -0.1) is 0 Å². The van der Waals surface area contributed by atoms with Crippen molar-refractivity contribution < 1.29 is 23.1 Å². The highest BCUT2D eigenvalue weighted by Gasteiger charge is 2.34. The van der Waals surface area contributed by atoms with Gasteiger partial charge in [0.25, 0.3) is 5.91 Å². The number of nitrogens with zero attached hydrogens (tertiary/aromatic N) is 4. The Hall–Kier alpha value is -3.29. The van der Waals surface area contributed by atoms with Crippen molar-refractivity contribution in [3.05, 3.63) is 47.4 Å². The van der Waals surface area contributed by atoms with E-state index in [1.165, 1.54) is 40.5 Å². The molecule has 0 fully saturated rings. The lowest BCUT2D eigenvalue weighted by Gasteiger charge is -2.21. The fourth-order valence-electron chi connectivity index (χ4n) is 3.17. The molecule has 0 spiro atoms. The molecule has 11 nitrogen and oxygen atoms in total. The number of imidazole rings is 1. The summed E-state index contributed by atoms with van der Waals surface area (Å²) in [5.74, 6) is -0.335. The van der Waals surface area contributed by atoms with Crippen molar-refractivity contribution in [3.8, 4) is 5.75 Å². The Kier molecular flexibility index (Phi) is 8.48. The molecule has 3 rings (SSSR count). The smallest absolute Gasteiger partial charge is 0.269 e.